The maximum atomic E-state index is 5.33. The van der Waals surface area contributed by atoms with Gasteiger partial charge in [-0.25, -0.2) is 4.98 Å². The normalized spacial score (nSPS) is 11.5. The van der Waals surface area contributed by atoms with Crippen molar-refractivity contribution in [2.45, 2.75) is 0 Å². The molecule has 0 saturated carbocycles. The van der Waals surface area contributed by atoms with E-state index in [1.54, 1.807) is 0 Å². The number of nitrogens with zero attached hydrogens (tertiary/aromatic N) is 1. The van der Waals surface area contributed by atoms with Gasteiger partial charge in [-0.15, -0.1) is 0 Å². The van der Waals surface area contributed by atoms with Crippen molar-refractivity contribution in [1.29, 1.82) is 0 Å². The Labute approximate surface area is 303 Å². The third kappa shape index (κ3) is 5.14. The molecule has 1 aromatic heterocycles. The molecule has 0 unspecified atom stereocenters. The summed E-state index contributed by atoms with van der Waals surface area (Å²) in [5.74, 6) is 0. The largest absolute Gasteiger partial charge is 0.247 e. The summed E-state index contributed by atoms with van der Waals surface area (Å²) in [6, 6.07) is 72.4. The van der Waals surface area contributed by atoms with Crippen LogP contribution in [0.1, 0.15) is 0 Å². The molecule has 10 rings (SSSR count). The van der Waals surface area contributed by atoms with Crippen LogP contribution in [0, 0.1) is 0 Å². The lowest BCUT2D eigenvalue weighted by Gasteiger charge is -2.20. The summed E-state index contributed by atoms with van der Waals surface area (Å²) in [6.07, 6.45) is 0. The number of benzene rings is 9. The van der Waals surface area contributed by atoms with Gasteiger partial charge in [0.25, 0.3) is 0 Å². The highest BCUT2D eigenvalue weighted by molar-refractivity contribution is 6.22. The Balaban J connectivity index is 1.29. The highest BCUT2D eigenvalue weighted by atomic mass is 14.7. The minimum Gasteiger partial charge on any atom is -0.247 e. The van der Waals surface area contributed by atoms with Crippen LogP contribution in [0.15, 0.2) is 200 Å². The van der Waals surface area contributed by atoms with E-state index in [-0.39, 0.29) is 0 Å². The molecule has 0 saturated heterocycles. The van der Waals surface area contributed by atoms with Crippen molar-refractivity contribution in [3.63, 3.8) is 0 Å². The summed E-state index contributed by atoms with van der Waals surface area (Å²) >= 11 is 0. The molecule has 9 aromatic carbocycles. The summed E-state index contributed by atoms with van der Waals surface area (Å²) in [5, 5.41) is 9.91. The van der Waals surface area contributed by atoms with Gasteiger partial charge in [0.05, 0.1) is 11.4 Å². The first-order valence-electron chi connectivity index (χ1n) is 17.9. The Bertz CT molecular complexity index is 2940. The van der Waals surface area contributed by atoms with Crippen LogP contribution in [0.3, 0.4) is 0 Å². The fourth-order valence-corrected chi connectivity index (χ4v) is 7.94. The SMILES string of the molecule is c1ccc(-c2ccc(-c3ccc4c(-c5ccc6ccccc6c5)c5ccccc5c(-c5ccc6ccccc6c5)c4c3)c(-c3ccccc3)n2)cc1. The average Bonchev–Trinajstić information content (AvgIpc) is 3.22. The second-order valence-electron chi connectivity index (χ2n) is 13.5. The van der Waals surface area contributed by atoms with Crippen LogP contribution < -0.4 is 0 Å². The molecular formula is C51H33N. The van der Waals surface area contributed by atoms with Crippen molar-refractivity contribution in [2.75, 3.05) is 0 Å². The maximum Gasteiger partial charge on any atom is 0.0787 e. The number of pyridine rings is 1. The summed E-state index contributed by atoms with van der Waals surface area (Å²) in [7, 11) is 0. The molecule has 0 aliphatic carbocycles. The van der Waals surface area contributed by atoms with Gasteiger partial charge >= 0.3 is 0 Å². The first-order chi connectivity index (χ1) is 25.8. The number of hydrogen-bond acceptors (Lipinski definition) is 1. The summed E-state index contributed by atoms with van der Waals surface area (Å²) < 4.78 is 0. The summed E-state index contributed by atoms with van der Waals surface area (Å²) in [5.41, 5.74) is 11.3. The van der Waals surface area contributed by atoms with Gasteiger partial charge in [0, 0.05) is 16.7 Å². The van der Waals surface area contributed by atoms with E-state index in [4.69, 9.17) is 4.98 Å². The van der Waals surface area contributed by atoms with E-state index in [0.29, 0.717) is 0 Å². The van der Waals surface area contributed by atoms with Crippen molar-refractivity contribution in [3.8, 4) is 55.9 Å². The Morgan fingerprint density at radius 2 is 0.750 bits per heavy atom. The van der Waals surface area contributed by atoms with E-state index in [1.807, 2.05) is 6.07 Å². The topological polar surface area (TPSA) is 12.9 Å². The van der Waals surface area contributed by atoms with Crippen molar-refractivity contribution in [3.05, 3.63) is 200 Å². The highest BCUT2D eigenvalue weighted by Crippen LogP contribution is 2.46. The monoisotopic (exact) mass is 659 g/mol. The lowest BCUT2D eigenvalue weighted by Crippen LogP contribution is -1.95. The second-order valence-corrected chi connectivity index (χ2v) is 13.5. The smallest absolute Gasteiger partial charge is 0.0787 e. The van der Waals surface area contributed by atoms with Crippen molar-refractivity contribution < 1.29 is 0 Å². The lowest BCUT2D eigenvalue weighted by molar-refractivity contribution is 1.32. The van der Waals surface area contributed by atoms with Gasteiger partial charge in [0.2, 0.25) is 0 Å². The predicted molar refractivity (Wildman–Crippen MR) is 221 cm³/mol. The quantitative estimate of drug-likeness (QED) is 0.168. The van der Waals surface area contributed by atoms with Gasteiger partial charge in [0.15, 0.2) is 0 Å². The Hall–Kier alpha value is -6.83. The molecule has 0 N–H and O–H groups in total. The Kier molecular flexibility index (Phi) is 7.22. The molecule has 0 aliphatic heterocycles. The first-order valence-corrected chi connectivity index (χ1v) is 17.9. The van der Waals surface area contributed by atoms with Gasteiger partial charge in [-0.3, -0.25) is 0 Å². The second kappa shape index (κ2) is 12.5. The number of fused-ring (bicyclic) bond motifs is 4. The Morgan fingerprint density at radius 1 is 0.269 bits per heavy atom. The Morgan fingerprint density at radius 3 is 1.37 bits per heavy atom. The molecule has 1 heterocycles. The zero-order valence-corrected chi connectivity index (χ0v) is 28.5. The zero-order chi connectivity index (χ0) is 34.4. The molecule has 0 amide bonds. The minimum atomic E-state index is 0.963. The molecule has 0 radical (unpaired) electrons. The molecular weight excluding hydrogens is 627 g/mol. The molecule has 52 heavy (non-hydrogen) atoms. The van der Waals surface area contributed by atoms with Crippen LogP contribution in [0.25, 0.3) is 99.0 Å². The zero-order valence-electron chi connectivity index (χ0n) is 28.5. The third-order valence-electron chi connectivity index (χ3n) is 10.4. The van der Waals surface area contributed by atoms with Crippen molar-refractivity contribution in [2.24, 2.45) is 0 Å². The van der Waals surface area contributed by atoms with Crippen LogP contribution in [-0.2, 0) is 0 Å². The summed E-state index contributed by atoms with van der Waals surface area (Å²) in [4.78, 5) is 5.33. The fourth-order valence-electron chi connectivity index (χ4n) is 7.94. The molecule has 0 spiro atoms. The van der Waals surface area contributed by atoms with E-state index < -0.39 is 0 Å². The molecule has 242 valence electrons. The van der Waals surface area contributed by atoms with Gasteiger partial charge in [0.1, 0.15) is 0 Å². The first kappa shape index (κ1) is 30.0. The van der Waals surface area contributed by atoms with E-state index in [1.165, 1.54) is 65.3 Å². The van der Waals surface area contributed by atoms with Crippen molar-refractivity contribution >= 4 is 43.1 Å². The molecule has 0 bridgehead atoms. The van der Waals surface area contributed by atoms with Gasteiger partial charge in [-0.2, -0.15) is 0 Å². The van der Waals surface area contributed by atoms with E-state index in [9.17, 15) is 0 Å². The minimum absolute atomic E-state index is 0.963. The van der Waals surface area contributed by atoms with Crippen LogP contribution in [0.2, 0.25) is 0 Å². The number of hydrogen-bond donors (Lipinski definition) is 0. The summed E-state index contributed by atoms with van der Waals surface area (Å²) in [6.45, 7) is 0. The van der Waals surface area contributed by atoms with Crippen LogP contribution in [-0.4, -0.2) is 4.98 Å². The molecule has 0 atom stereocenters. The van der Waals surface area contributed by atoms with E-state index >= 15 is 0 Å². The molecule has 0 fully saturated rings. The lowest BCUT2D eigenvalue weighted by atomic mass is 9.84. The average molecular weight is 660 g/mol. The van der Waals surface area contributed by atoms with Gasteiger partial charge in [-0.05, 0) is 95.2 Å². The fraction of sp³-hybridized carbons (Fsp3) is 0. The van der Waals surface area contributed by atoms with E-state index in [0.717, 1.165) is 33.6 Å². The predicted octanol–water partition coefficient (Wildman–Crippen LogP) is 14.0. The molecule has 1 heteroatoms. The molecule has 1 nitrogen and oxygen atoms in total. The number of rotatable bonds is 5. The molecule has 10 aromatic rings. The van der Waals surface area contributed by atoms with Crippen molar-refractivity contribution in [1.82, 2.24) is 4.98 Å². The van der Waals surface area contributed by atoms with Gasteiger partial charge < -0.3 is 0 Å². The number of aromatic nitrogens is 1. The van der Waals surface area contributed by atoms with Crippen LogP contribution >= 0.6 is 0 Å². The van der Waals surface area contributed by atoms with Crippen LogP contribution in [0.5, 0.6) is 0 Å². The van der Waals surface area contributed by atoms with E-state index in [2.05, 4.69) is 194 Å². The maximum absolute atomic E-state index is 5.33. The highest BCUT2D eigenvalue weighted by Gasteiger charge is 2.19. The molecule has 0 aliphatic rings. The van der Waals surface area contributed by atoms with Crippen LogP contribution in [0.4, 0.5) is 0 Å². The standard InChI is InChI=1S/C51H33N/c1-3-15-36(16-4-1)48-30-29-43(51(52-48)37-17-5-2-6-18-37)40-27-28-46-47(33-40)50(42-26-24-35-14-8-10-20-39(35)32-42)45-22-12-11-21-44(45)49(46)41-25-23-34-13-7-9-19-38(34)31-41/h1-33H. The van der Waals surface area contributed by atoms with Gasteiger partial charge in [-0.1, -0.05) is 176 Å². The third-order valence-corrected chi connectivity index (χ3v) is 10.4.